The number of thiophene rings is 1. The van der Waals surface area contributed by atoms with Crippen LogP contribution < -0.4 is 0 Å². The average Bonchev–Trinajstić information content (AvgIpc) is 3.53. The minimum absolute atomic E-state index is 1.10. The van der Waals surface area contributed by atoms with E-state index < -0.39 is 0 Å². The lowest BCUT2D eigenvalue weighted by Crippen LogP contribution is -1.97. The Morgan fingerprint density at radius 1 is 0.510 bits per heavy atom. The Balaban J connectivity index is 1.13. The Morgan fingerprint density at radius 3 is 1.67 bits per heavy atom. The zero-order chi connectivity index (χ0) is 32.6. The van der Waals surface area contributed by atoms with Crippen LogP contribution >= 0.6 is 11.3 Å². The number of aryl methyl sites for hydroxylation is 2. The lowest BCUT2D eigenvalue weighted by Gasteiger charge is -2.18. The van der Waals surface area contributed by atoms with Gasteiger partial charge in [0, 0.05) is 20.2 Å². The van der Waals surface area contributed by atoms with E-state index in [2.05, 4.69) is 159 Å². The highest BCUT2D eigenvalue weighted by atomic mass is 32.1. The third kappa shape index (κ3) is 4.36. The van der Waals surface area contributed by atoms with Crippen LogP contribution in [0.5, 0.6) is 0 Å². The molecule has 0 bridgehead atoms. The van der Waals surface area contributed by atoms with E-state index in [1.54, 1.807) is 0 Å². The summed E-state index contributed by atoms with van der Waals surface area (Å²) in [5, 5.41) is 13.4. The van der Waals surface area contributed by atoms with Gasteiger partial charge in [0.05, 0.1) is 0 Å². The molecule has 8 aromatic carbocycles. The highest BCUT2D eigenvalue weighted by Crippen LogP contribution is 2.42. The molecular weight excluding hydrogens is 609 g/mol. The van der Waals surface area contributed by atoms with Gasteiger partial charge in [-0.25, -0.2) is 0 Å². The summed E-state index contributed by atoms with van der Waals surface area (Å²) < 4.78 is 2.66. The maximum absolute atomic E-state index is 2.43. The van der Waals surface area contributed by atoms with Gasteiger partial charge in [0.15, 0.2) is 0 Å². The molecule has 0 aliphatic heterocycles. The van der Waals surface area contributed by atoms with Crippen LogP contribution in [0.1, 0.15) is 35.6 Å². The molecule has 0 saturated heterocycles. The number of fused-ring (bicyclic) bond motifs is 12. The fourth-order valence-electron chi connectivity index (χ4n) is 8.45. The molecule has 0 radical (unpaired) electrons. The van der Waals surface area contributed by atoms with E-state index in [1.807, 2.05) is 11.3 Å². The lowest BCUT2D eigenvalue weighted by molar-refractivity contribution is 1.00. The molecule has 0 unspecified atom stereocenters. The van der Waals surface area contributed by atoms with Gasteiger partial charge in [-0.2, -0.15) is 0 Å². The SMILES string of the molecule is CC=Cc1c(C)c2ccccc2c2ccc(-c3ccc4sc5ccc(-c6ccc7c(c6)c6c(c8ccccc87)CCC=C6)cc5c4c3)cc12. The molecule has 0 spiro atoms. The molecule has 9 aromatic rings. The van der Waals surface area contributed by atoms with Gasteiger partial charge in [0.1, 0.15) is 0 Å². The maximum Gasteiger partial charge on any atom is 0.0355 e. The molecule has 232 valence electrons. The molecule has 1 heterocycles. The van der Waals surface area contributed by atoms with Crippen LogP contribution in [0.15, 0.2) is 133 Å². The van der Waals surface area contributed by atoms with E-state index in [-0.39, 0.29) is 0 Å². The molecule has 1 heteroatoms. The molecule has 1 aliphatic rings. The second-order valence-electron chi connectivity index (χ2n) is 13.5. The number of rotatable bonds is 3. The molecule has 0 amide bonds. The Morgan fingerprint density at radius 2 is 1.02 bits per heavy atom. The number of hydrogen-bond donors (Lipinski definition) is 0. The van der Waals surface area contributed by atoms with Gasteiger partial charge in [0.25, 0.3) is 0 Å². The van der Waals surface area contributed by atoms with E-state index in [9.17, 15) is 0 Å². The molecular formula is C48H34S. The molecule has 1 aromatic heterocycles. The standard InChI is InChI=1S/C48H34S/c1-3-10-34-29(2)35-11-4-5-12-36(35)41-21-17-30(25-43(34)41)32-19-23-47-45(27-32)46-28-33(20-24-48(46)49-47)31-18-22-42-39-15-7-6-13-37(39)38-14-8-9-16-40(38)44(42)26-31/h3-7,9-13,15-28H,8,14H2,1-2H3. The first-order chi connectivity index (χ1) is 24.2. The third-order valence-corrected chi connectivity index (χ3v) is 12.0. The minimum atomic E-state index is 1.10. The summed E-state index contributed by atoms with van der Waals surface area (Å²) in [5.41, 5.74) is 10.6. The summed E-state index contributed by atoms with van der Waals surface area (Å²) >= 11 is 1.89. The lowest BCUT2D eigenvalue weighted by atomic mass is 9.85. The topological polar surface area (TPSA) is 0 Å². The van der Waals surface area contributed by atoms with Gasteiger partial charge in [-0.15, -0.1) is 11.3 Å². The van der Waals surface area contributed by atoms with Crippen LogP contribution in [0.2, 0.25) is 0 Å². The van der Waals surface area contributed by atoms with Gasteiger partial charge >= 0.3 is 0 Å². The summed E-state index contributed by atoms with van der Waals surface area (Å²) in [5.74, 6) is 0. The van der Waals surface area contributed by atoms with Crippen LogP contribution in [0.3, 0.4) is 0 Å². The zero-order valence-electron chi connectivity index (χ0n) is 27.7. The van der Waals surface area contributed by atoms with E-state index in [1.165, 1.54) is 108 Å². The van der Waals surface area contributed by atoms with Crippen molar-refractivity contribution in [2.45, 2.75) is 26.7 Å². The Kier molecular flexibility index (Phi) is 6.41. The first-order valence-electron chi connectivity index (χ1n) is 17.3. The zero-order valence-corrected chi connectivity index (χ0v) is 28.5. The van der Waals surface area contributed by atoms with Crippen LogP contribution in [0.4, 0.5) is 0 Å². The van der Waals surface area contributed by atoms with Crippen molar-refractivity contribution in [2.24, 2.45) is 0 Å². The van der Waals surface area contributed by atoms with Crippen LogP contribution in [-0.2, 0) is 6.42 Å². The van der Waals surface area contributed by atoms with Crippen molar-refractivity contribution >= 4 is 86.8 Å². The van der Waals surface area contributed by atoms with E-state index in [0.717, 1.165) is 12.8 Å². The Labute approximate surface area is 290 Å². The van der Waals surface area contributed by atoms with Crippen LogP contribution in [0, 0.1) is 6.92 Å². The smallest absolute Gasteiger partial charge is 0.0355 e. The predicted octanol–water partition coefficient (Wildman–Crippen LogP) is 14.3. The summed E-state index contributed by atoms with van der Waals surface area (Å²) in [7, 11) is 0. The molecule has 0 fully saturated rings. The fourth-order valence-corrected chi connectivity index (χ4v) is 9.52. The average molecular weight is 643 g/mol. The third-order valence-electron chi connectivity index (χ3n) is 10.8. The monoisotopic (exact) mass is 642 g/mol. The van der Waals surface area contributed by atoms with Gasteiger partial charge in [0.2, 0.25) is 0 Å². The quantitative estimate of drug-likeness (QED) is 0.168. The highest BCUT2D eigenvalue weighted by molar-refractivity contribution is 7.25. The molecule has 0 N–H and O–H groups in total. The van der Waals surface area contributed by atoms with Gasteiger partial charge in [-0.1, -0.05) is 109 Å². The largest absolute Gasteiger partial charge is 0.135 e. The van der Waals surface area contributed by atoms with Crippen molar-refractivity contribution in [3.05, 3.63) is 156 Å². The Hall–Kier alpha value is -5.50. The summed E-state index contributed by atoms with van der Waals surface area (Å²) in [6.07, 6.45) is 11.3. The summed E-state index contributed by atoms with van der Waals surface area (Å²) in [6, 6.07) is 45.9. The van der Waals surface area contributed by atoms with Gasteiger partial charge in [-0.3, -0.25) is 0 Å². The first kappa shape index (κ1) is 28.5. The second kappa shape index (κ2) is 11.0. The second-order valence-corrected chi connectivity index (χ2v) is 14.6. The molecule has 10 rings (SSSR count). The normalized spacial score (nSPS) is 13.2. The number of allylic oxidation sites excluding steroid dienone is 2. The highest BCUT2D eigenvalue weighted by Gasteiger charge is 2.17. The minimum Gasteiger partial charge on any atom is -0.135 e. The van der Waals surface area contributed by atoms with Crippen LogP contribution in [-0.4, -0.2) is 0 Å². The fraction of sp³-hybridized carbons (Fsp3) is 0.0833. The summed E-state index contributed by atoms with van der Waals surface area (Å²) in [6.45, 7) is 4.37. The maximum atomic E-state index is 2.43. The van der Waals surface area contributed by atoms with Gasteiger partial charge in [-0.05, 0) is 151 Å². The van der Waals surface area contributed by atoms with Crippen molar-refractivity contribution in [3.8, 4) is 22.3 Å². The van der Waals surface area contributed by atoms with Gasteiger partial charge < -0.3 is 0 Å². The number of benzene rings is 8. The molecule has 49 heavy (non-hydrogen) atoms. The first-order valence-corrected chi connectivity index (χ1v) is 18.2. The predicted molar refractivity (Wildman–Crippen MR) is 217 cm³/mol. The van der Waals surface area contributed by atoms with Crippen molar-refractivity contribution in [1.29, 1.82) is 0 Å². The van der Waals surface area contributed by atoms with Crippen molar-refractivity contribution in [1.82, 2.24) is 0 Å². The Bertz CT molecular complexity index is 2790. The van der Waals surface area contributed by atoms with Crippen molar-refractivity contribution in [2.75, 3.05) is 0 Å². The van der Waals surface area contributed by atoms with E-state index in [0.29, 0.717) is 0 Å². The van der Waals surface area contributed by atoms with E-state index >= 15 is 0 Å². The number of hydrogen-bond acceptors (Lipinski definition) is 1. The molecule has 0 nitrogen and oxygen atoms in total. The van der Waals surface area contributed by atoms with E-state index in [4.69, 9.17) is 0 Å². The summed E-state index contributed by atoms with van der Waals surface area (Å²) in [4.78, 5) is 0. The molecule has 0 atom stereocenters. The molecule has 1 aliphatic carbocycles. The van der Waals surface area contributed by atoms with Crippen molar-refractivity contribution < 1.29 is 0 Å². The molecule has 0 saturated carbocycles. The van der Waals surface area contributed by atoms with Crippen LogP contribution in [0.25, 0.3) is 97.7 Å². The van der Waals surface area contributed by atoms with Crippen molar-refractivity contribution in [3.63, 3.8) is 0 Å².